The van der Waals surface area contributed by atoms with E-state index in [0.29, 0.717) is 0 Å². The van der Waals surface area contributed by atoms with Crippen LogP contribution in [-0.4, -0.2) is 19.4 Å². The van der Waals surface area contributed by atoms with E-state index in [4.69, 9.17) is 5.73 Å². The molecule has 0 saturated heterocycles. The zero-order chi connectivity index (χ0) is 14.0. The van der Waals surface area contributed by atoms with Gasteiger partial charge in [0.1, 0.15) is 6.26 Å². The lowest BCUT2D eigenvalue weighted by Crippen LogP contribution is -2.14. The number of nitrogens with zero attached hydrogens (tertiary/aromatic N) is 1. The van der Waals surface area contributed by atoms with Gasteiger partial charge in [0.2, 0.25) is 0 Å². The van der Waals surface area contributed by atoms with Gasteiger partial charge in [-0.05, 0) is 25.1 Å². The van der Waals surface area contributed by atoms with Crippen LogP contribution in [0.15, 0.2) is 39.9 Å². The summed E-state index contributed by atoms with van der Waals surface area (Å²) < 4.78 is 30.8. The maximum Gasteiger partial charge on any atom is 0.263 e. The standard InChI is InChI=1S/C11H11N3O4S/c1-7(15)9-6-8(2-3-10(9)12)19(16,17)14-11-4-5-18-13-11/h2-6H,12H2,1H3,(H,13,14). The molecule has 0 saturated carbocycles. The lowest BCUT2D eigenvalue weighted by molar-refractivity contribution is 0.101. The highest BCUT2D eigenvalue weighted by molar-refractivity contribution is 7.92. The molecule has 0 spiro atoms. The summed E-state index contributed by atoms with van der Waals surface area (Å²) in [6.07, 6.45) is 1.24. The average Bonchev–Trinajstić information content (AvgIpc) is 2.80. The number of carbonyl (C=O) groups is 1. The van der Waals surface area contributed by atoms with Crippen molar-refractivity contribution in [1.82, 2.24) is 5.16 Å². The van der Waals surface area contributed by atoms with Crippen LogP contribution >= 0.6 is 0 Å². The molecule has 0 radical (unpaired) electrons. The molecule has 0 fully saturated rings. The number of carbonyl (C=O) groups excluding carboxylic acids is 1. The number of nitrogen functional groups attached to an aromatic ring is 1. The fraction of sp³-hybridized carbons (Fsp3) is 0.0909. The Balaban J connectivity index is 2.41. The number of nitrogens with one attached hydrogen (secondary N) is 1. The summed E-state index contributed by atoms with van der Waals surface area (Å²) in [6, 6.07) is 5.26. The Hall–Kier alpha value is -2.35. The quantitative estimate of drug-likeness (QED) is 0.644. The predicted molar refractivity (Wildman–Crippen MR) is 68.2 cm³/mol. The van der Waals surface area contributed by atoms with Crippen molar-refractivity contribution in [1.29, 1.82) is 0 Å². The number of anilines is 2. The summed E-state index contributed by atoms with van der Waals surface area (Å²) in [5, 5.41) is 3.45. The molecule has 19 heavy (non-hydrogen) atoms. The molecular formula is C11H11N3O4S. The Morgan fingerprint density at radius 3 is 2.68 bits per heavy atom. The second-order valence-electron chi connectivity index (χ2n) is 3.80. The molecule has 100 valence electrons. The van der Waals surface area contributed by atoms with Crippen molar-refractivity contribution >= 4 is 27.3 Å². The first-order valence-electron chi connectivity index (χ1n) is 5.24. The van der Waals surface area contributed by atoms with Crippen LogP contribution in [0, 0.1) is 0 Å². The minimum Gasteiger partial charge on any atom is -0.398 e. The zero-order valence-corrected chi connectivity index (χ0v) is 10.8. The van der Waals surface area contributed by atoms with Crippen LogP contribution in [0.2, 0.25) is 0 Å². The van der Waals surface area contributed by atoms with E-state index in [0.717, 1.165) is 0 Å². The predicted octanol–water partition coefficient (Wildman–Crippen LogP) is 1.26. The number of ketones is 1. The van der Waals surface area contributed by atoms with Crippen molar-refractivity contribution in [2.75, 3.05) is 10.5 Å². The van der Waals surface area contributed by atoms with Gasteiger partial charge in [-0.3, -0.25) is 9.52 Å². The molecule has 2 rings (SSSR count). The van der Waals surface area contributed by atoms with Crippen LogP contribution in [0.5, 0.6) is 0 Å². The van der Waals surface area contributed by atoms with Crippen LogP contribution < -0.4 is 10.5 Å². The average molecular weight is 281 g/mol. The first-order valence-corrected chi connectivity index (χ1v) is 6.72. The van der Waals surface area contributed by atoms with Gasteiger partial charge < -0.3 is 10.3 Å². The van der Waals surface area contributed by atoms with Gasteiger partial charge in [-0.2, -0.15) is 0 Å². The van der Waals surface area contributed by atoms with Gasteiger partial charge >= 0.3 is 0 Å². The Kier molecular flexibility index (Phi) is 3.26. The third-order valence-electron chi connectivity index (χ3n) is 2.39. The SMILES string of the molecule is CC(=O)c1cc(S(=O)(=O)Nc2ccon2)ccc1N. The lowest BCUT2D eigenvalue weighted by Gasteiger charge is -2.07. The highest BCUT2D eigenvalue weighted by Gasteiger charge is 2.18. The van der Waals surface area contributed by atoms with Crippen LogP contribution in [-0.2, 0) is 10.0 Å². The largest absolute Gasteiger partial charge is 0.398 e. The van der Waals surface area contributed by atoms with Crippen LogP contribution in [0.1, 0.15) is 17.3 Å². The van der Waals surface area contributed by atoms with Crippen molar-refractivity contribution < 1.29 is 17.7 Å². The monoisotopic (exact) mass is 281 g/mol. The third kappa shape index (κ3) is 2.74. The molecule has 0 aliphatic carbocycles. The summed E-state index contributed by atoms with van der Waals surface area (Å²) in [6.45, 7) is 1.31. The maximum absolute atomic E-state index is 12.0. The number of Topliss-reactive ketones (excluding diaryl/α,β-unsaturated/α-hetero) is 1. The Bertz CT molecular complexity index is 708. The fourth-order valence-corrected chi connectivity index (χ4v) is 2.49. The first-order chi connectivity index (χ1) is 8.90. The molecule has 2 aromatic rings. The molecule has 8 heteroatoms. The summed E-state index contributed by atoms with van der Waals surface area (Å²) in [4.78, 5) is 11.3. The molecule has 0 atom stereocenters. The van der Waals surface area contributed by atoms with Gasteiger partial charge in [0.15, 0.2) is 11.6 Å². The van der Waals surface area contributed by atoms with Gasteiger partial charge in [-0.25, -0.2) is 8.42 Å². The van der Waals surface area contributed by atoms with Gasteiger partial charge in [-0.1, -0.05) is 5.16 Å². The molecule has 1 heterocycles. The van der Waals surface area contributed by atoms with Crippen LogP contribution in [0.3, 0.4) is 0 Å². The van der Waals surface area contributed by atoms with E-state index in [1.807, 2.05) is 0 Å². The number of aromatic nitrogens is 1. The Morgan fingerprint density at radius 1 is 1.37 bits per heavy atom. The summed E-state index contributed by atoms with van der Waals surface area (Å²) in [5.74, 6) is -0.253. The normalized spacial score (nSPS) is 11.2. The van der Waals surface area contributed by atoms with Gasteiger partial charge in [-0.15, -0.1) is 0 Å². The molecule has 3 N–H and O–H groups in total. The molecular weight excluding hydrogens is 270 g/mol. The van der Waals surface area contributed by atoms with Crippen molar-refractivity contribution in [3.8, 4) is 0 Å². The Morgan fingerprint density at radius 2 is 2.11 bits per heavy atom. The van der Waals surface area contributed by atoms with Crippen molar-refractivity contribution in [2.45, 2.75) is 11.8 Å². The van der Waals surface area contributed by atoms with E-state index in [1.165, 1.54) is 37.5 Å². The van der Waals surface area contributed by atoms with Crippen LogP contribution in [0.4, 0.5) is 11.5 Å². The molecule has 7 nitrogen and oxygen atoms in total. The highest BCUT2D eigenvalue weighted by Crippen LogP contribution is 2.20. The number of hydrogen-bond donors (Lipinski definition) is 2. The summed E-state index contributed by atoms with van der Waals surface area (Å²) in [7, 11) is -3.84. The molecule has 0 unspecified atom stereocenters. The van der Waals surface area contributed by atoms with E-state index in [-0.39, 0.29) is 27.7 Å². The number of nitrogens with two attached hydrogens (primary N) is 1. The topological polar surface area (TPSA) is 115 Å². The van der Waals surface area contributed by atoms with E-state index >= 15 is 0 Å². The fourth-order valence-electron chi connectivity index (χ4n) is 1.47. The third-order valence-corrected chi connectivity index (χ3v) is 3.74. The van der Waals surface area contributed by atoms with Crippen molar-refractivity contribution in [2.24, 2.45) is 0 Å². The second kappa shape index (κ2) is 4.73. The smallest absolute Gasteiger partial charge is 0.263 e. The van der Waals surface area contributed by atoms with E-state index in [1.54, 1.807) is 0 Å². The van der Waals surface area contributed by atoms with Crippen molar-refractivity contribution in [3.63, 3.8) is 0 Å². The minimum atomic E-state index is -3.84. The summed E-state index contributed by atoms with van der Waals surface area (Å²) in [5.41, 5.74) is 5.99. The lowest BCUT2D eigenvalue weighted by atomic mass is 10.1. The zero-order valence-electron chi connectivity index (χ0n) is 9.95. The molecule has 0 aliphatic heterocycles. The number of benzene rings is 1. The van der Waals surface area contributed by atoms with Crippen LogP contribution in [0.25, 0.3) is 0 Å². The van der Waals surface area contributed by atoms with E-state index in [9.17, 15) is 13.2 Å². The second-order valence-corrected chi connectivity index (χ2v) is 5.48. The Labute approximate surface area is 109 Å². The van der Waals surface area contributed by atoms with Crippen molar-refractivity contribution in [3.05, 3.63) is 36.1 Å². The first kappa shape index (κ1) is 13.1. The number of hydrogen-bond acceptors (Lipinski definition) is 6. The maximum atomic E-state index is 12.0. The minimum absolute atomic E-state index is 0.0567. The molecule has 0 bridgehead atoms. The number of rotatable bonds is 4. The number of sulfonamides is 1. The molecule has 1 aromatic heterocycles. The molecule has 1 aromatic carbocycles. The highest BCUT2D eigenvalue weighted by atomic mass is 32.2. The summed E-state index contributed by atoms with van der Waals surface area (Å²) >= 11 is 0. The van der Waals surface area contributed by atoms with Gasteiger partial charge in [0.05, 0.1) is 4.90 Å². The van der Waals surface area contributed by atoms with Gasteiger partial charge in [0, 0.05) is 17.3 Å². The molecule has 0 aliphatic rings. The molecule has 0 amide bonds. The van der Waals surface area contributed by atoms with Gasteiger partial charge in [0.25, 0.3) is 10.0 Å². The van der Waals surface area contributed by atoms with E-state index < -0.39 is 10.0 Å². The van der Waals surface area contributed by atoms with E-state index in [2.05, 4.69) is 14.4 Å².